The third-order valence-electron chi connectivity index (χ3n) is 5.47. The zero-order valence-electron chi connectivity index (χ0n) is 18.7. The number of carbonyl (C=O) groups excluding carboxylic acids is 1. The molecule has 0 spiro atoms. The highest BCUT2D eigenvalue weighted by molar-refractivity contribution is 5.90. The zero-order valence-corrected chi connectivity index (χ0v) is 18.7. The van der Waals surface area contributed by atoms with Crippen molar-refractivity contribution < 1.29 is 10.0 Å². The van der Waals surface area contributed by atoms with Crippen LogP contribution in [0.4, 0.5) is 0 Å². The largest absolute Gasteiger partial charge is 0.361 e. The summed E-state index contributed by atoms with van der Waals surface area (Å²) in [6.07, 6.45) is 7.27. The average Bonchev–Trinajstić information content (AvgIpc) is 3.17. The smallest absolute Gasteiger partial charge is 0.267 e. The van der Waals surface area contributed by atoms with Gasteiger partial charge in [-0.2, -0.15) is 0 Å². The molecular weight excluding hydrogens is 386 g/mol. The van der Waals surface area contributed by atoms with E-state index in [0.717, 1.165) is 38.0 Å². The lowest BCUT2D eigenvalue weighted by Gasteiger charge is -2.27. The topological polar surface area (TPSA) is 68.4 Å². The van der Waals surface area contributed by atoms with Crippen molar-refractivity contribution >= 4 is 22.9 Å². The summed E-state index contributed by atoms with van der Waals surface area (Å²) in [4.78, 5) is 17.0. The molecule has 5 heteroatoms. The fourth-order valence-corrected chi connectivity index (χ4v) is 3.58. The quantitative estimate of drug-likeness (QED) is 0.255. The van der Waals surface area contributed by atoms with Gasteiger partial charge in [-0.1, -0.05) is 63.2 Å². The maximum absolute atomic E-state index is 11.1. The zero-order chi connectivity index (χ0) is 22.3. The van der Waals surface area contributed by atoms with E-state index in [1.54, 1.807) is 11.6 Å². The van der Waals surface area contributed by atoms with Crippen molar-refractivity contribution in [1.29, 1.82) is 0 Å². The van der Waals surface area contributed by atoms with E-state index in [0.29, 0.717) is 5.41 Å². The molecule has 31 heavy (non-hydrogen) atoms. The summed E-state index contributed by atoms with van der Waals surface area (Å²) in [5.41, 5.74) is 6.62. The average molecular weight is 420 g/mol. The highest BCUT2D eigenvalue weighted by Crippen LogP contribution is 2.22. The Morgan fingerprint density at radius 1 is 1.10 bits per heavy atom. The predicted molar refractivity (Wildman–Crippen MR) is 127 cm³/mol. The van der Waals surface area contributed by atoms with E-state index in [1.807, 2.05) is 12.1 Å². The van der Waals surface area contributed by atoms with Crippen molar-refractivity contribution in [2.75, 3.05) is 13.1 Å². The van der Waals surface area contributed by atoms with Crippen LogP contribution in [-0.4, -0.2) is 34.1 Å². The standard InChI is InChI=1S/C26H33N3O2/c1-26(2,3)15-17-29(16-14-22-18-27-24-7-5-4-6-23(22)24)19-21-10-8-20(9-11-21)12-13-25(30)28-31/h4-13,18,27,31H,14-17,19H2,1-3H3,(H,28,30)/b13-12+. The van der Waals surface area contributed by atoms with E-state index in [2.05, 4.69) is 73.3 Å². The third-order valence-corrected chi connectivity index (χ3v) is 5.47. The first-order valence-corrected chi connectivity index (χ1v) is 10.8. The number of aromatic nitrogens is 1. The number of hydroxylamine groups is 1. The minimum atomic E-state index is -0.533. The summed E-state index contributed by atoms with van der Waals surface area (Å²) in [6.45, 7) is 9.79. The van der Waals surface area contributed by atoms with Gasteiger partial charge in [0.25, 0.3) is 5.91 Å². The molecule has 0 fully saturated rings. The number of fused-ring (bicyclic) bond motifs is 1. The molecule has 164 valence electrons. The van der Waals surface area contributed by atoms with Crippen molar-refractivity contribution in [3.8, 4) is 0 Å². The molecular formula is C26H33N3O2. The Hall–Kier alpha value is -2.89. The van der Waals surface area contributed by atoms with Crippen molar-refractivity contribution in [2.24, 2.45) is 5.41 Å². The van der Waals surface area contributed by atoms with Crippen LogP contribution in [0.25, 0.3) is 17.0 Å². The summed E-state index contributed by atoms with van der Waals surface area (Å²) < 4.78 is 0. The number of nitrogens with one attached hydrogen (secondary N) is 2. The van der Waals surface area contributed by atoms with E-state index < -0.39 is 5.91 Å². The van der Waals surface area contributed by atoms with Gasteiger partial charge in [0.1, 0.15) is 0 Å². The lowest BCUT2D eigenvalue weighted by Crippen LogP contribution is -2.29. The van der Waals surface area contributed by atoms with Gasteiger partial charge >= 0.3 is 0 Å². The summed E-state index contributed by atoms with van der Waals surface area (Å²) >= 11 is 0. The first-order chi connectivity index (χ1) is 14.8. The van der Waals surface area contributed by atoms with Crippen molar-refractivity contribution in [3.63, 3.8) is 0 Å². The van der Waals surface area contributed by atoms with Gasteiger partial charge in [0, 0.05) is 36.3 Å². The van der Waals surface area contributed by atoms with Gasteiger partial charge in [-0.05, 0) is 53.6 Å². The van der Waals surface area contributed by atoms with Crippen molar-refractivity contribution in [3.05, 3.63) is 77.5 Å². The molecule has 1 heterocycles. The second kappa shape index (κ2) is 10.4. The van der Waals surface area contributed by atoms with Gasteiger partial charge in [-0.3, -0.25) is 14.9 Å². The summed E-state index contributed by atoms with van der Waals surface area (Å²) in [7, 11) is 0. The Morgan fingerprint density at radius 2 is 1.84 bits per heavy atom. The summed E-state index contributed by atoms with van der Waals surface area (Å²) in [5.74, 6) is -0.533. The molecule has 2 aromatic carbocycles. The fraction of sp³-hybridized carbons (Fsp3) is 0.346. The van der Waals surface area contributed by atoms with Gasteiger partial charge in [0.2, 0.25) is 0 Å². The summed E-state index contributed by atoms with van der Waals surface area (Å²) in [5, 5.41) is 9.89. The number of H-pyrrole nitrogens is 1. The van der Waals surface area contributed by atoms with Gasteiger partial charge in [0.05, 0.1) is 0 Å². The maximum atomic E-state index is 11.1. The molecule has 1 amide bonds. The first-order valence-electron chi connectivity index (χ1n) is 10.8. The van der Waals surface area contributed by atoms with Gasteiger partial charge < -0.3 is 4.98 Å². The van der Waals surface area contributed by atoms with E-state index >= 15 is 0 Å². The number of hydrogen-bond acceptors (Lipinski definition) is 3. The van der Waals surface area contributed by atoms with Crippen LogP contribution < -0.4 is 5.48 Å². The minimum absolute atomic E-state index is 0.293. The Bertz CT molecular complexity index is 1010. The minimum Gasteiger partial charge on any atom is -0.361 e. The number of aromatic amines is 1. The molecule has 0 bridgehead atoms. The van der Waals surface area contributed by atoms with Crippen LogP contribution >= 0.6 is 0 Å². The molecule has 3 aromatic rings. The Balaban J connectivity index is 1.66. The molecule has 0 aliphatic carbocycles. The highest BCUT2D eigenvalue weighted by atomic mass is 16.5. The third kappa shape index (κ3) is 7.09. The fourth-order valence-electron chi connectivity index (χ4n) is 3.58. The molecule has 0 saturated heterocycles. The van der Waals surface area contributed by atoms with Crippen molar-refractivity contribution in [1.82, 2.24) is 15.4 Å². The molecule has 0 aliphatic rings. The van der Waals surface area contributed by atoms with Crippen LogP contribution in [0.1, 0.15) is 43.9 Å². The number of rotatable bonds is 9. The van der Waals surface area contributed by atoms with Crippen LogP contribution in [0, 0.1) is 5.41 Å². The monoisotopic (exact) mass is 419 g/mol. The highest BCUT2D eigenvalue weighted by Gasteiger charge is 2.15. The molecule has 0 radical (unpaired) electrons. The molecule has 3 N–H and O–H groups in total. The molecule has 0 aliphatic heterocycles. The second-order valence-electron chi connectivity index (χ2n) is 9.25. The molecule has 1 aromatic heterocycles. The maximum Gasteiger partial charge on any atom is 0.267 e. The van der Waals surface area contributed by atoms with Gasteiger partial charge in [-0.15, -0.1) is 0 Å². The number of benzene rings is 2. The lowest BCUT2D eigenvalue weighted by atomic mass is 9.92. The molecule has 0 saturated carbocycles. The molecule has 0 unspecified atom stereocenters. The van der Waals surface area contributed by atoms with Gasteiger partial charge in [0.15, 0.2) is 0 Å². The van der Waals surface area contributed by atoms with Crippen LogP contribution in [-0.2, 0) is 17.8 Å². The van der Waals surface area contributed by atoms with Crippen LogP contribution in [0.3, 0.4) is 0 Å². The number of para-hydroxylation sites is 1. The van der Waals surface area contributed by atoms with Gasteiger partial charge in [-0.25, -0.2) is 5.48 Å². The van der Waals surface area contributed by atoms with Crippen LogP contribution in [0.15, 0.2) is 60.8 Å². The predicted octanol–water partition coefficient (Wildman–Crippen LogP) is 5.17. The van der Waals surface area contributed by atoms with E-state index in [9.17, 15) is 4.79 Å². The second-order valence-corrected chi connectivity index (χ2v) is 9.25. The first kappa shape index (κ1) is 22.8. The van der Waals surface area contributed by atoms with Crippen molar-refractivity contribution in [2.45, 2.75) is 40.2 Å². The SMILES string of the molecule is CC(C)(C)CCN(CCc1c[nH]c2ccccc12)Cc1ccc(/C=C/C(=O)NO)cc1. The number of amides is 1. The Labute approximate surface area is 184 Å². The van der Waals surface area contributed by atoms with Crippen LogP contribution in [0.5, 0.6) is 0 Å². The Kier molecular flexibility index (Phi) is 7.66. The number of carbonyl (C=O) groups is 1. The van der Waals surface area contributed by atoms with E-state index in [1.165, 1.54) is 28.1 Å². The Morgan fingerprint density at radius 3 is 2.55 bits per heavy atom. The van der Waals surface area contributed by atoms with E-state index in [4.69, 9.17) is 5.21 Å². The molecule has 3 rings (SSSR count). The summed E-state index contributed by atoms with van der Waals surface area (Å²) in [6, 6.07) is 16.7. The van der Waals surface area contributed by atoms with Crippen LogP contribution in [0.2, 0.25) is 0 Å². The molecule has 0 atom stereocenters. The number of hydrogen-bond donors (Lipinski definition) is 3. The number of nitrogens with zero attached hydrogens (tertiary/aromatic N) is 1. The normalized spacial score (nSPS) is 12.2. The molecule has 5 nitrogen and oxygen atoms in total. The van der Waals surface area contributed by atoms with E-state index in [-0.39, 0.29) is 0 Å². The lowest BCUT2D eigenvalue weighted by molar-refractivity contribution is -0.124.